The minimum Gasteiger partial charge on any atom is -0.308 e. The molecule has 4 rings (SSSR count). The van der Waals surface area contributed by atoms with Crippen LogP contribution in [-0.2, 0) is 6.54 Å². The van der Waals surface area contributed by atoms with Crippen LogP contribution in [0.5, 0.6) is 0 Å². The van der Waals surface area contributed by atoms with Crippen molar-refractivity contribution in [2.75, 3.05) is 13.1 Å². The van der Waals surface area contributed by atoms with E-state index in [1.165, 1.54) is 57.2 Å². The molecule has 1 aromatic rings. The number of nitrogens with one attached hydrogen (secondary N) is 1. The van der Waals surface area contributed by atoms with Crippen LogP contribution in [-0.4, -0.2) is 29.6 Å². The quantitative estimate of drug-likeness (QED) is 0.913. The first-order valence-electron chi connectivity index (χ1n) is 8.48. The van der Waals surface area contributed by atoms with Crippen LogP contribution < -0.4 is 5.32 Å². The molecule has 114 valence electrons. The van der Waals surface area contributed by atoms with Crippen LogP contribution in [0.4, 0.5) is 0 Å². The fraction of sp³-hybridized carbons (Fsp3) is 0.667. The minimum absolute atomic E-state index is 0.395. The number of hydrogen-bond acceptors (Lipinski definition) is 2. The zero-order chi connectivity index (χ0) is 14.3. The van der Waals surface area contributed by atoms with Crippen molar-refractivity contribution in [1.29, 1.82) is 0 Å². The van der Waals surface area contributed by atoms with Crippen molar-refractivity contribution in [3.05, 3.63) is 34.9 Å². The first kappa shape index (κ1) is 14.0. The standard InChI is InChI=1S/C18H25ClN2/c19-16-6-2-1-5-15(16)12-21-13-18(9-3-4-10-18)20-11-17(21)14-7-8-14/h1-2,5-6,14,17,20H,3-4,7-13H2. The van der Waals surface area contributed by atoms with Gasteiger partial charge >= 0.3 is 0 Å². The van der Waals surface area contributed by atoms with Crippen LogP contribution in [0.1, 0.15) is 44.1 Å². The lowest BCUT2D eigenvalue weighted by Crippen LogP contribution is -2.63. The van der Waals surface area contributed by atoms with E-state index in [2.05, 4.69) is 22.3 Å². The number of piperazine rings is 1. The van der Waals surface area contributed by atoms with E-state index in [1.54, 1.807) is 0 Å². The Hall–Kier alpha value is -0.570. The number of nitrogens with zero attached hydrogens (tertiary/aromatic N) is 1. The number of halogens is 1. The molecule has 2 saturated carbocycles. The average molecular weight is 305 g/mol. The maximum atomic E-state index is 6.40. The van der Waals surface area contributed by atoms with Crippen molar-refractivity contribution in [3.8, 4) is 0 Å². The Morgan fingerprint density at radius 1 is 1.19 bits per heavy atom. The van der Waals surface area contributed by atoms with E-state index in [0.717, 1.165) is 17.5 Å². The molecule has 1 heterocycles. The first-order valence-corrected chi connectivity index (χ1v) is 8.86. The molecular formula is C18H25ClN2. The smallest absolute Gasteiger partial charge is 0.0451 e. The van der Waals surface area contributed by atoms with Crippen molar-refractivity contribution >= 4 is 11.6 Å². The summed E-state index contributed by atoms with van der Waals surface area (Å²) in [6.45, 7) is 3.40. The van der Waals surface area contributed by atoms with Crippen molar-refractivity contribution in [1.82, 2.24) is 10.2 Å². The summed E-state index contributed by atoms with van der Waals surface area (Å²) in [4.78, 5) is 2.74. The SMILES string of the molecule is Clc1ccccc1CN1CC2(CCCC2)NCC1C1CC1. The van der Waals surface area contributed by atoms with Gasteiger partial charge in [-0.25, -0.2) is 0 Å². The Balaban J connectivity index is 1.54. The van der Waals surface area contributed by atoms with Crippen molar-refractivity contribution in [2.24, 2.45) is 5.92 Å². The highest BCUT2D eigenvalue weighted by molar-refractivity contribution is 6.31. The van der Waals surface area contributed by atoms with E-state index in [4.69, 9.17) is 11.6 Å². The molecule has 1 atom stereocenters. The summed E-state index contributed by atoms with van der Waals surface area (Å²) in [5, 5.41) is 4.84. The number of hydrogen-bond donors (Lipinski definition) is 1. The molecule has 0 amide bonds. The van der Waals surface area contributed by atoms with Gasteiger partial charge in [-0.2, -0.15) is 0 Å². The van der Waals surface area contributed by atoms with Gasteiger partial charge in [0.05, 0.1) is 0 Å². The zero-order valence-electron chi connectivity index (χ0n) is 12.7. The third-order valence-corrected chi connectivity index (χ3v) is 6.09. The van der Waals surface area contributed by atoms with Gasteiger partial charge in [0.2, 0.25) is 0 Å². The maximum Gasteiger partial charge on any atom is 0.0451 e. The number of benzene rings is 1. The molecule has 1 saturated heterocycles. The Labute approximate surface area is 132 Å². The average Bonchev–Trinajstić information content (AvgIpc) is 3.23. The van der Waals surface area contributed by atoms with Gasteiger partial charge in [-0.1, -0.05) is 42.6 Å². The van der Waals surface area contributed by atoms with E-state index < -0.39 is 0 Å². The predicted molar refractivity (Wildman–Crippen MR) is 87.6 cm³/mol. The van der Waals surface area contributed by atoms with Crippen LogP contribution in [0, 0.1) is 5.92 Å². The molecule has 1 aromatic carbocycles. The summed E-state index contributed by atoms with van der Waals surface area (Å²) in [7, 11) is 0. The second-order valence-corrected chi connectivity index (χ2v) is 7.68. The molecule has 1 spiro atoms. The molecule has 3 aliphatic rings. The molecule has 3 heteroatoms. The molecule has 1 aliphatic heterocycles. The molecule has 2 aliphatic carbocycles. The van der Waals surface area contributed by atoms with Gasteiger partial charge in [0.25, 0.3) is 0 Å². The highest BCUT2D eigenvalue weighted by Crippen LogP contribution is 2.41. The van der Waals surface area contributed by atoms with Crippen LogP contribution >= 0.6 is 11.6 Å². The highest BCUT2D eigenvalue weighted by atomic mass is 35.5. The van der Waals surface area contributed by atoms with Crippen LogP contribution in [0.2, 0.25) is 5.02 Å². The lowest BCUT2D eigenvalue weighted by molar-refractivity contribution is 0.0627. The Morgan fingerprint density at radius 3 is 2.67 bits per heavy atom. The van der Waals surface area contributed by atoms with E-state index in [9.17, 15) is 0 Å². The summed E-state index contributed by atoms with van der Waals surface area (Å²) in [5.41, 5.74) is 1.69. The summed E-state index contributed by atoms with van der Waals surface area (Å²) in [6, 6.07) is 9.07. The number of rotatable bonds is 3. The minimum atomic E-state index is 0.395. The lowest BCUT2D eigenvalue weighted by atomic mass is 9.90. The Kier molecular flexibility index (Phi) is 3.72. The third kappa shape index (κ3) is 2.86. The van der Waals surface area contributed by atoms with Gasteiger partial charge in [-0.15, -0.1) is 0 Å². The van der Waals surface area contributed by atoms with Crippen molar-refractivity contribution < 1.29 is 0 Å². The van der Waals surface area contributed by atoms with Gasteiger partial charge < -0.3 is 5.32 Å². The van der Waals surface area contributed by atoms with Crippen molar-refractivity contribution in [3.63, 3.8) is 0 Å². The maximum absolute atomic E-state index is 6.40. The first-order chi connectivity index (χ1) is 10.3. The third-order valence-electron chi connectivity index (χ3n) is 5.72. The van der Waals surface area contributed by atoms with Gasteiger partial charge in [-0.05, 0) is 43.2 Å². The second kappa shape index (κ2) is 5.57. The molecule has 0 aromatic heterocycles. The fourth-order valence-corrected chi connectivity index (χ4v) is 4.56. The highest BCUT2D eigenvalue weighted by Gasteiger charge is 2.45. The molecule has 0 bridgehead atoms. The largest absolute Gasteiger partial charge is 0.308 e. The topological polar surface area (TPSA) is 15.3 Å². The second-order valence-electron chi connectivity index (χ2n) is 7.27. The van der Waals surface area contributed by atoms with Crippen LogP contribution in [0.25, 0.3) is 0 Å². The zero-order valence-corrected chi connectivity index (χ0v) is 13.4. The molecular weight excluding hydrogens is 280 g/mol. The summed E-state index contributed by atoms with van der Waals surface area (Å²) in [5.74, 6) is 0.916. The van der Waals surface area contributed by atoms with Gasteiger partial charge in [0, 0.05) is 36.2 Å². The summed E-state index contributed by atoms with van der Waals surface area (Å²) >= 11 is 6.40. The molecule has 1 N–H and O–H groups in total. The Morgan fingerprint density at radius 2 is 1.95 bits per heavy atom. The van der Waals surface area contributed by atoms with Gasteiger partial charge in [0.1, 0.15) is 0 Å². The van der Waals surface area contributed by atoms with E-state index >= 15 is 0 Å². The van der Waals surface area contributed by atoms with E-state index in [1.807, 2.05) is 12.1 Å². The molecule has 21 heavy (non-hydrogen) atoms. The molecule has 3 fully saturated rings. The fourth-order valence-electron chi connectivity index (χ4n) is 4.36. The van der Waals surface area contributed by atoms with E-state index in [0.29, 0.717) is 11.6 Å². The summed E-state index contributed by atoms with van der Waals surface area (Å²) < 4.78 is 0. The lowest BCUT2D eigenvalue weighted by Gasteiger charge is -2.47. The molecule has 1 unspecified atom stereocenters. The van der Waals surface area contributed by atoms with Crippen LogP contribution in [0.3, 0.4) is 0 Å². The van der Waals surface area contributed by atoms with Gasteiger partial charge in [-0.3, -0.25) is 4.90 Å². The molecule has 0 radical (unpaired) electrons. The van der Waals surface area contributed by atoms with Gasteiger partial charge in [0.15, 0.2) is 0 Å². The normalized spacial score (nSPS) is 29.1. The predicted octanol–water partition coefficient (Wildman–Crippen LogP) is 3.84. The monoisotopic (exact) mass is 304 g/mol. The van der Waals surface area contributed by atoms with Crippen molar-refractivity contribution in [2.45, 2.75) is 56.7 Å². The Bertz CT molecular complexity index is 506. The van der Waals surface area contributed by atoms with E-state index in [-0.39, 0.29) is 0 Å². The van der Waals surface area contributed by atoms with Crippen LogP contribution in [0.15, 0.2) is 24.3 Å². The summed E-state index contributed by atoms with van der Waals surface area (Å²) in [6.07, 6.45) is 8.31. The molecule has 2 nitrogen and oxygen atoms in total.